The third kappa shape index (κ3) is 3.51. The summed E-state index contributed by atoms with van der Waals surface area (Å²) in [6.07, 6.45) is 0. The summed E-state index contributed by atoms with van der Waals surface area (Å²) in [5.41, 5.74) is 0.994. The van der Waals surface area contributed by atoms with Gasteiger partial charge in [-0.05, 0) is 46.3 Å². The smallest absolute Gasteiger partial charge is 0.257 e. The lowest BCUT2D eigenvalue weighted by Gasteiger charge is -2.09. The minimum atomic E-state index is -0.310. The topological polar surface area (TPSA) is 29.1 Å². The molecule has 0 aliphatic heterocycles. The van der Waals surface area contributed by atoms with Crippen molar-refractivity contribution in [2.75, 3.05) is 5.32 Å². The molecule has 0 unspecified atom stereocenters. The van der Waals surface area contributed by atoms with Crippen LogP contribution in [0.5, 0.6) is 0 Å². The second-order valence-corrected chi connectivity index (χ2v) is 6.23. The fourth-order valence-corrected chi connectivity index (χ4v) is 2.99. The molecule has 19 heavy (non-hydrogen) atoms. The third-order valence-corrected chi connectivity index (χ3v) is 4.34. The Hall–Kier alpha value is -0.550. The first-order valence-electron chi connectivity index (χ1n) is 5.19. The van der Waals surface area contributed by atoms with E-state index in [1.54, 1.807) is 24.3 Å². The maximum absolute atomic E-state index is 12.1. The van der Waals surface area contributed by atoms with Crippen molar-refractivity contribution in [2.45, 2.75) is 0 Å². The number of nitrogens with one attached hydrogen (secondary N) is 1. The zero-order chi connectivity index (χ0) is 14.0. The predicted molar refractivity (Wildman–Crippen MR) is 86.3 cm³/mol. The van der Waals surface area contributed by atoms with Crippen molar-refractivity contribution in [2.24, 2.45) is 0 Å². The number of hydrogen-bond acceptors (Lipinski definition) is 1. The van der Waals surface area contributed by atoms with E-state index in [1.165, 1.54) is 0 Å². The van der Waals surface area contributed by atoms with Crippen LogP contribution in [0.3, 0.4) is 0 Å². The van der Waals surface area contributed by atoms with E-state index >= 15 is 0 Å². The molecule has 1 amide bonds. The first-order chi connectivity index (χ1) is 8.99. The molecule has 6 heteroatoms. The van der Waals surface area contributed by atoms with Gasteiger partial charge in [0, 0.05) is 8.95 Å². The van der Waals surface area contributed by atoms with Crippen molar-refractivity contribution >= 4 is 66.7 Å². The van der Waals surface area contributed by atoms with Crippen molar-refractivity contribution in [1.82, 2.24) is 0 Å². The van der Waals surface area contributed by atoms with Gasteiger partial charge in [0.05, 0.1) is 21.3 Å². The van der Waals surface area contributed by atoms with Gasteiger partial charge in [0.15, 0.2) is 0 Å². The Bertz CT molecular complexity index is 647. The lowest BCUT2D eigenvalue weighted by Crippen LogP contribution is -2.12. The Balaban J connectivity index is 2.28. The first-order valence-corrected chi connectivity index (χ1v) is 7.53. The minimum Gasteiger partial charge on any atom is -0.321 e. The summed E-state index contributed by atoms with van der Waals surface area (Å²) in [4.78, 5) is 12.1. The molecule has 0 aliphatic rings. The van der Waals surface area contributed by atoms with E-state index in [0.29, 0.717) is 16.3 Å². The van der Waals surface area contributed by atoms with E-state index < -0.39 is 0 Å². The fourth-order valence-electron chi connectivity index (χ4n) is 1.46. The van der Waals surface area contributed by atoms with Gasteiger partial charge in [0.25, 0.3) is 5.91 Å². The fraction of sp³-hybridized carbons (Fsp3) is 0. The van der Waals surface area contributed by atoms with Gasteiger partial charge in [-0.15, -0.1) is 0 Å². The van der Waals surface area contributed by atoms with E-state index in [1.807, 2.05) is 12.1 Å². The van der Waals surface area contributed by atoms with Crippen molar-refractivity contribution in [1.29, 1.82) is 0 Å². The Labute approximate surface area is 137 Å². The predicted octanol–water partition coefficient (Wildman–Crippen LogP) is 5.77. The molecule has 2 aromatic carbocycles. The Morgan fingerprint density at radius 3 is 2.53 bits per heavy atom. The Kier molecular flexibility index (Phi) is 4.90. The molecule has 0 saturated carbocycles. The normalized spacial score (nSPS) is 10.3. The lowest BCUT2D eigenvalue weighted by atomic mass is 10.2. The van der Waals surface area contributed by atoms with Gasteiger partial charge in [0.2, 0.25) is 0 Å². The van der Waals surface area contributed by atoms with Crippen molar-refractivity contribution in [3.63, 3.8) is 0 Å². The van der Waals surface area contributed by atoms with Crippen LogP contribution < -0.4 is 5.32 Å². The number of halogens is 4. The highest BCUT2D eigenvalue weighted by Crippen LogP contribution is 2.29. The summed E-state index contributed by atoms with van der Waals surface area (Å²) >= 11 is 18.6. The second kappa shape index (κ2) is 6.27. The number of amides is 1. The van der Waals surface area contributed by atoms with Crippen molar-refractivity contribution < 1.29 is 4.79 Å². The molecule has 98 valence electrons. The standard InChI is InChI=1S/C13H7Br2Cl2NO/c14-7-4-5-11(9(15)6-7)18-13(19)8-2-1-3-10(16)12(8)17/h1-6H,(H,18,19). The second-order valence-electron chi connectivity index (χ2n) is 3.68. The summed E-state index contributed by atoms with van der Waals surface area (Å²) in [5.74, 6) is -0.310. The molecule has 1 N–H and O–H groups in total. The number of benzene rings is 2. The van der Waals surface area contributed by atoms with Gasteiger partial charge in [-0.25, -0.2) is 0 Å². The highest BCUT2D eigenvalue weighted by molar-refractivity contribution is 9.11. The van der Waals surface area contributed by atoms with Gasteiger partial charge in [-0.2, -0.15) is 0 Å². The number of carbonyl (C=O) groups is 1. The number of carbonyl (C=O) groups excluding carboxylic acids is 1. The third-order valence-electron chi connectivity index (χ3n) is 2.38. The van der Waals surface area contributed by atoms with E-state index in [9.17, 15) is 4.79 Å². The molecular formula is C13H7Br2Cl2NO. The quantitative estimate of drug-likeness (QED) is 0.652. The van der Waals surface area contributed by atoms with E-state index in [4.69, 9.17) is 23.2 Å². The molecule has 2 rings (SSSR count). The molecule has 0 heterocycles. The summed E-state index contributed by atoms with van der Waals surface area (Å²) in [6.45, 7) is 0. The van der Waals surface area contributed by atoms with Gasteiger partial charge < -0.3 is 5.32 Å². The Morgan fingerprint density at radius 1 is 1.11 bits per heavy atom. The summed E-state index contributed by atoms with van der Waals surface area (Å²) in [6, 6.07) is 10.4. The zero-order valence-electron chi connectivity index (χ0n) is 9.38. The Morgan fingerprint density at radius 2 is 1.84 bits per heavy atom. The molecule has 0 aliphatic carbocycles. The maximum Gasteiger partial charge on any atom is 0.257 e. The minimum absolute atomic E-state index is 0.245. The van der Waals surface area contributed by atoms with E-state index in [2.05, 4.69) is 37.2 Å². The first kappa shape index (κ1) is 14.9. The molecule has 0 fully saturated rings. The van der Waals surface area contributed by atoms with E-state index in [-0.39, 0.29) is 10.9 Å². The molecule has 0 bridgehead atoms. The number of anilines is 1. The molecule has 0 aromatic heterocycles. The maximum atomic E-state index is 12.1. The van der Waals surface area contributed by atoms with Gasteiger partial charge in [0.1, 0.15) is 0 Å². The largest absolute Gasteiger partial charge is 0.321 e. The van der Waals surface area contributed by atoms with Gasteiger partial charge in [-0.3, -0.25) is 4.79 Å². The molecule has 0 radical (unpaired) electrons. The number of hydrogen-bond donors (Lipinski definition) is 1. The number of rotatable bonds is 2. The van der Waals surface area contributed by atoms with Crippen LogP contribution in [0.1, 0.15) is 10.4 Å². The molecule has 0 atom stereocenters. The van der Waals surface area contributed by atoms with E-state index in [0.717, 1.165) is 8.95 Å². The van der Waals surface area contributed by atoms with Crippen LogP contribution in [0, 0.1) is 0 Å². The molecular weight excluding hydrogens is 417 g/mol. The SMILES string of the molecule is O=C(Nc1ccc(Br)cc1Br)c1cccc(Cl)c1Cl. The van der Waals surface area contributed by atoms with Crippen LogP contribution in [0.2, 0.25) is 10.0 Å². The van der Waals surface area contributed by atoms with Crippen molar-refractivity contribution in [3.05, 3.63) is 61.0 Å². The van der Waals surface area contributed by atoms with Gasteiger partial charge in [-0.1, -0.05) is 45.2 Å². The molecule has 2 aromatic rings. The molecule has 0 spiro atoms. The van der Waals surface area contributed by atoms with Crippen molar-refractivity contribution in [3.8, 4) is 0 Å². The average Bonchev–Trinajstić information content (AvgIpc) is 2.36. The summed E-state index contributed by atoms with van der Waals surface area (Å²) < 4.78 is 1.69. The van der Waals surface area contributed by atoms with Crippen LogP contribution in [0.4, 0.5) is 5.69 Å². The monoisotopic (exact) mass is 421 g/mol. The van der Waals surface area contributed by atoms with Crippen LogP contribution in [-0.4, -0.2) is 5.91 Å². The van der Waals surface area contributed by atoms with Crippen LogP contribution in [-0.2, 0) is 0 Å². The average molecular weight is 424 g/mol. The lowest BCUT2D eigenvalue weighted by molar-refractivity contribution is 0.102. The highest BCUT2D eigenvalue weighted by atomic mass is 79.9. The highest BCUT2D eigenvalue weighted by Gasteiger charge is 2.13. The van der Waals surface area contributed by atoms with Crippen LogP contribution >= 0.6 is 55.1 Å². The molecule has 2 nitrogen and oxygen atoms in total. The van der Waals surface area contributed by atoms with Crippen LogP contribution in [0.25, 0.3) is 0 Å². The molecule has 0 saturated heterocycles. The summed E-state index contributed by atoms with van der Waals surface area (Å²) in [7, 11) is 0. The van der Waals surface area contributed by atoms with Crippen LogP contribution in [0.15, 0.2) is 45.3 Å². The van der Waals surface area contributed by atoms with Gasteiger partial charge >= 0.3 is 0 Å². The summed E-state index contributed by atoms with van der Waals surface area (Å²) in [5, 5.41) is 3.37. The zero-order valence-corrected chi connectivity index (χ0v) is 14.1.